The van der Waals surface area contributed by atoms with Crippen LogP contribution >= 0.6 is 0 Å². The van der Waals surface area contributed by atoms with E-state index in [1.165, 1.54) is 6.26 Å². The first kappa shape index (κ1) is 17.8. The number of rotatable bonds is 7. The summed E-state index contributed by atoms with van der Waals surface area (Å²) in [6.45, 7) is 0.164. The van der Waals surface area contributed by atoms with Crippen molar-refractivity contribution in [1.29, 1.82) is 0 Å². The third-order valence-corrected chi connectivity index (χ3v) is 5.35. The molecule has 0 bridgehead atoms. The Balaban J connectivity index is 2.11. The highest BCUT2D eigenvalue weighted by Crippen LogP contribution is 2.37. The molecule has 1 aromatic rings. The van der Waals surface area contributed by atoms with Crippen LogP contribution in [0.1, 0.15) is 37.2 Å². The molecule has 1 aromatic carbocycles. The Hall–Kier alpha value is -1.56. The molecule has 1 N–H and O–H groups in total. The van der Waals surface area contributed by atoms with E-state index in [2.05, 4.69) is 5.32 Å². The zero-order chi connectivity index (χ0) is 16.9. The highest BCUT2D eigenvalue weighted by molar-refractivity contribution is 7.90. The maximum absolute atomic E-state index is 12.6. The molecular weight excluding hydrogens is 314 g/mol. The molecule has 1 saturated carbocycles. The monoisotopic (exact) mass is 339 g/mol. The minimum Gasteiger partial charge on any atom is -0.497 e. The Morgan fingerprint density at radius 3 is 2.39 bits per heavy atom. The van der Waals surface area contributed by atoms with Crippen LogP contribution in [-0.2, 0) is 14.6 Å². The Labute approximate surface area is 138 Å². The van der Waals surface area contributed by atoms with E-state index in [9.17, 15) is 13.2 Å². The molecule has 5 nitrogen and oxygen atoms in total. The predicted octanol–water partition coefficient (Wildman–Crippen LogP) is 2.13. The molecule has 2 rings (SSSR count). The topological polar surface area (TPSA) is 72.5 Å². The van der Waals surface area contributed by atoms with Gasteiger partial charge >= 0.3 is 0 Å². The third kappa shape index (κ3) is 5.23. The van der Waals surface area contributed by atoms with Gasteiger partial charge in [-0.2, -0.15) is 0 Å². The second-order valence-electron chi connectivity index (χ2n) is 6.22. The SMILES string of the molecule is COc1ccc(C(C(=O)NCCS(C)(=O)=O)C2CCCC2)cc1. The molecule has 23 heavy (non-hydrogen) atoms. The van der Waals surface area contributed by atoms with Crippen LogP contribution in [0.25, 0.3) is 0 Å². The van der Waals surface area contributed by atoms with E-state index in [-0.39, 0.29) is 24.1 Å². The van der Waals surface area contributed by atoms with Crippen molar-refractivity contribution in [2.24, 2.45) is 5.92 Å². The van der Waals surface area contributed by atoms with Gasteiger partial charge in [-0.25, -0.2) is 8.42 Å². The van der Waals surface area contributed by atoms with Gasteiger partial charge in [0.25, 0.3) is 0 Å². The minimum absolute atomic E-state index is 0.0290. The van der Waals surface area contributed by atoms with Gasteiger partial charge in [0.05, 0.1) is 18.8 Å². The highest BCUT2D eigenvalue weighted by atomic mass is 32.2. The van der Waals surface area contributed by atoms with Crippen LogP contribution in [0.15, 0.2) is 24.3 Å². The fraction of sp³-hybridized carbons (Fsp3) is 0.588. The fourth-order valence-electron chi connectivity index (χ4n) is 3.21. The quantitative estimate of drug-likeness (QED) is 0.826. The number of carbonyl (C=O) groups excluding carboxylic acids is 1. The number of methoxy groups -OCH3 is 1. The van der Waals surface area contributed by atoms with E-state index in [0.29, 0.717) is 5.92 Å². The highest BCUT2D eigenvalue weighted by Gasteiger charge is 2.31. The van der Waals surface area contributed by atoms with Crippen LogP contribution < -0.4 is 10.1 Å². The standard InChI is InChI=1S/C17H25NO4S/c1-22-15-9-7-14(8-10-15)16(13-5-3-4-6-13)17(19)18-11-12-23(2,20)21/h7-10,13,16H,3-6,11-12H2,1-2H3,(H,18,19). The first-order valence-electron chi connectivity index (χ1n) is 8.00. The van der Waals surface area contributed by atoms with E-state index in [1.54, 1.807) is 7.11 Å². The number of ether oxygens (including phenoxy) is 1. The summed E-state index contributed by atoms with van der Waals surface area (Å²) in [6, 6.07) is 7.58. The van der Waals surface area contributed by atoms with Gasteiger partial charge in [0.15, 0.2) is 0 Å². The first-order chi connectivity index (χ1) is 10.9. The summed E-state index contributed by atoms with van der Waals surface area (Å²) in [5.74, 6) is 0.755. The molecule has 6 heteroatoms. The van der Waals surface area contributed by atoms with Crippen molar-refractivity contribution in [3.8, 4) is 5.75 Å². The maximum atomic E-state index is 12.6. The van der Waals surface area contributed by atoms with E-state index < -0.39 is 9.84 Å². The van der Waals surface area contributed by atoms with Gasteiger partial charge < -0.3 is 10.1 Å². The number of hydrogen-bond acceptors (Lipinski definition) is 4. The third-order valence-electron chi connectivity index (χ3n) is 4.40. The van der Waals surface area contributed by atoms with Gasteiger partial charge in [-0.1, -0.05) is 25.0 Å². The fourth-order valence-corrected chi connectivity index (χ4v) is 3.68. The molecule has 1 amide bonds. The molecule has 0 radical (unpaired) electrons. The molecular formula is C17H25NO4S. The van der Waals surface area contributed by atoms with Crippen molar-refractivity contribution in [3.63, 3.8) is 0 Å². The Morgan fingerprint density at radius 1 is 1.26 bits per heavy atom. The number of hydrogen-bond donors (Lipinski definition) is 1. The molecule has 0 aromatic heterocycles. The lowest BCUT2D eigenvalue weighted by molar-refractivity contribution is -0.123. The molecule has 1 atom stereocenters. The Morgan fingerprint density at radius 2 is 1.87 bits per heavy atom. The zero-order valence-corrected chi connectivity index (χ0v) is 14.6. The van der Waals surface area contributed by atoms with Crippen LogP contribution in [0.3, 0.4) is 0 Å². The van der Waals surface area contributed by atoms with E-state index in [1.807, 2.05) is 24.3 Å². The molecule has 0 saturated heterocycles. The molecule has 1 aliphatic rings. The van der Waals surface area contributed by atoms with Crippen LogP contribution in [0.5, 0.6) is 5.75 Å². The maximum Gasteiger partial charge on any atom is 0.227 e. The lowest BCUT2D eigenvalue weighted by Gasteiger charge is -2.23. The summed E-state index contributed by atoms with van der Waals surface area (Å²) in [7, 11) is -1.46. The van der Waals surface area contributed by atoms with E-state index in [0.717, 1.165) is 37.0 Å². The first-order valence-corrected chi connectivity index (χ1v) is 10.1. The molecule has 0 aliphatic heterocycles. The molecule has 1 fully saturated rings. The number of carbonyl (C=O) groups is 1. The van der Waals surface area contributed by atoms with Gasteiger partial charge in [-0.3, -0.25) is 4.79 Å². The Kier molecular flexibility index (Phi) is 6.04. The summed E-state index contributed by atoms with van der Waals surface area (Å²) in [6.07, 6.45) is 5.55. The van der Waals surface area contributed by atoms with Crippen LogP contribution in [-0.4, -0.2) is 40.0 Å². The molecule has 128 valence electrons. The van der Waals surface area contributed by atoms with Gasteiger partial charge in [-0.15, -0.1) is 0 Å². The van der Waals surface area contributed by atoms with Crippen LogP contribution in [0.4, 0.5) is 0 Å². The normalized spacial score (nSPS) is 17.0. The predicted molar refractivity (Wildman–Crippen MR) is 90.4 cm³/mol. The van der Waals surface area contributed by atoms with Crippen molar-refractivity contribution in [1.82, 2.24) is 5.32 Å². The minimum atomic E-state index is -3.07. The van der Waals surface area contributed by atoms with Gasteiger partial charge in [0, 0.05) is 12.8 Å². The summed E-state index contributed by atoms with van der Waals surface area (Å²) in [5.41, 5.74) is 0.967. The largest absolute Gasteiger partial charge is 0.497 e. The van der Waals surface area contributed by atoms with Gasteiger partial charge in [0.1, 0.15) is 15.6 Å². The Bertz CT molecular complexity index is 618. The molecule has 0 spiro atoms. The van der Waals surface area contributed by atoms with Crippen molar-refractivity contribution >= 4 is 15.7 Å². The van der Waals surface area contributed by atoms with Crippen molar-refractivity contribution in [2.45, 2.75) is 31.6 Å². The summed E-state index contributed by atoms with van der Waals surface area (Å²) < 4.78 is 27.6. The van der Waals surface area contributed by atoms with Crippen molar-refractivity contribution in [3.05, 3.63) is 29.8 Å². The number of sulfone groups is 1. The van der Waals surface area contributed by atoms with Gasteiger partial charge in [0.2, 0.25) is 5.91 Å². The average molecular weight is 339 g/mol. The number of benzene rings is 1. The summed E-state index contributed by atoms with van der Waals surface area (Å²) in [5, 5.41) is 2.79. The second kappa shape index (κ2) is 7.81. The van der Waals surface area contributed by atoms with Crippen LogP contribution in [0, 0.1) is 5.92 Å². The van der Waals surface area contributed by atoms with Crippen LogP contribution in [0.2, 0.25) is 0 Å². The lowest BCUT2D eigenvalue weighted by atomic mass is 9.84. The van der Waals surface area contributed by atoms with Crippen molar-refractivity contribution in [2.75, 3.05) is 25.7 Å². The van der Waals surface area contributed by atoms with E-state index in [4.69, 9.17) is 4.74 Å². The second-order valence-corrected chi connectivity index (χ2v) is 8.48. The number of nitrogens with one attached hydrogen (secondary N) is 1. The van der Waals surface area contributed by atoms with Gasteiger partial charge in [-0.05, 0) is 36.5 Å². The molecule has 1 unspecified atom stereocenters. The molecule has 0 heterocycles. The summed E-state index contributed by atoms with van der Waals surface area (Å²) in [4.78, 5) is 12.6. The number of amides is 1. The zero-order valence-electron chi connectivity index (χ0n) is 13.7. The average Bonchev–Trinajstić information content (AvgIpc) is 3.01. The van der Waals surface area contributed by atoms with E-state index >= 15 is 0 Å². The lowest BCUT2D eigenvalue weighted by Crippen LogP contribution is -2.35. The summed E-state index contributed by atoms with van der Waals surface area (Å²) >= 11 is 0. The smallest absolute Gasteiger partial charge is 0.227 e. The molecule has 1 aliphatic carbocycles. The van der Waals surface area contributed by atoms with Crippen molar-refractivity contribution < 1.29 is 17.9 Å².